The molecule has 0 spiro atoms. The average Bonchev–Trinajstić information content (AvgIpc) is 2.35. The van der Waals surface area contributed by atoms with Crippen molar-refractivity contribution >= 4 is 15.9 Å². The molecule has 0 heterocycles. The Labute approximate surface area is 116 Å². The van der Waals surface area contributed by atoms with E-state index in [-0.39, 0.29) is 6.04 Å². The molecule has 0 amide bonds. The van der Waals surface area contributed by atoms with Gasteiger partial charge >= 0.3 is 0 Å². The third-order valence-corrected chi connectivity index (χ3v) is 2.85. The van der Waals surface area contributed by atoms with Crippen LogP contribution in [0.25, 0.3) is 0 Å². The molecule has 0 aromatic heterocycles. The maximum absolute atomic E-state index is 8.56. The molecule has 1 aromatic rings. The van der Waals surface area contributed by atoms with E-state index in [9.17, 15) is 0 Å². The minimum atomic E-state index is -0.411. The van der Waals surface area contributed by atoms with Gasteiger partial charge in [-0.3, -0.25) is 0 Å². The van der Waals surface area contributed by atoms with Gasteiger partial charge in [-0.2, -0.15) is 5.26 Å². The van der Waals surface area contributed by atoms with Gasteiger partial charge in [-0.05, 0) is 32.0 Å². The van der Waals surface area contributed by atoms with Crippen molar-refractivity contribution in [3.63, 3.8) is 0 Å². The second kappa shape index (κ2) is 7.37. The van der Waals surface area contributed by atoms with Gasteiger partial charge in [-0.25, -0.2) is 0 Å². The third kappa shape index (κ3) is 4.65. The van der Waals surface area contributed by atoms with E-state index in [1.807, 2.05) is 31.2 Å². The standard InChI is InChI=1S/C13H17BrN2O2/c1-9(8-15)17-5-6-18-13-4-3-11(14)7-12(13)10(2)16/h3-4,7,9-10H,5-6,16H2,1-2H3. The van der Waals surface area contributed by atoms with E-state index in [0.717, 1.165) is 15.8 Å². The summed E-state index contributed by atoms with van der Waals surface area (Å²) in [5.41, 5.74) is 6.82. The van der Waals surface area contributed by atoms with Crippen LogP contribution in [0.5, 0.6) is 5.75 Å². The second-order valence-electron chi connectivity index (χ2n) is 3.96. The molecular formula is C13H17BrN2O2. The summed E-state index contributed by atoms with van der Waals surface area (Å²) in [6.07, 6.45) is -0.411. The topological polar surface area (TPSA) is 68.3 Å². The quantitative estimate of drug-likeness (QED) is 0.820. The first kappa shape index (κ1) is 15.0. The molecule has 0 aliphatic carbocycles. The molecule has 5 heteroatoms. The zero-order valence-electron chi connectivity index (χ0n) is 10.5. The third-order valence-electron chi connectivity index (χ3n) is 2.35. The van der Waals surface area contributed by atoms with Crippen molar-refractivity contribution in [1.29, 1.82) is 5.26 Å². The number of nitriles is 1. The van der Waals surface area contributed by atoms with Crippen LogP contribution in [0, 0.1) is 11.3 Å². The Morgan fingerprint density at radius 2 is 2.11 bits per heavy atom. The van der Waals surface area contributed by atoms with Gasteiger partial charge in [-0.15, -0.1) is 0 Å². The summed E-state index contributed by atoms with van der Waals surface area (Å²) >= 11 is 3.40. The summed E-state index contributed by atoms with van der Waals surface area (Å²) in [4.78, 5) is 0. The summed E-state index contributed by atoms with van der Waals surface area (Å²) in [7, 11) is 0. The van der Waals surface area contributed by atoms with Crippen molar-refractivity contribution < 1.29 is 9.47 Å². The maximum atomic E-state index is 8.56. The molecule has 0 bridgehead atoms. The lowest BCUT2D eigenvalue weighted by Crippen LogP contribution is -2.14. The number of benzene rings is 1. The van der Waals surface area contributed by atoms with Crippen molar-refractivity contribution in [2.45, 2.75) is 26.0 Å². The highest BCUT2D eigenvalue weighted by molar-refractivity contribution is 9.10. The van der Waals surface area contributed by atoms with E-state index in [0.29, 0.717) is 13.2 Å². The number of rotatable bonds is 6. The van der Waals surface area contributed by atoms with Crippen LogP contribution >= 0.6 is 15.9 Å². The van der Waals surface area contributed by atoms with Gasteiger partial charge in [-0.1, -0.05) is 15.9 Å². The molecule has 0 saturated heterocycles. The highest BCUT2D eigenvalue weighted by Crippen LogP contribution is 2.27. The second-order valence-corrected chi connectivity index (χ2v) is 4.88. The molecular weight excluding hydrogens is 296 g/mol. The lowest BCUT2D eigenvalue weighted by Gasteiger charge is -2.14. The molecule has 2 atom stereocenters. The summed E-state index contributed by atoms with van der Waals surface area (Å²) in [6, 6.07) is 7.61. The summed E-state index contributed by atoms with van der Waals surface area (Å²) in [6.45, 7) is 4.38. The largest absolute Gasteiger partial charge is 0.491 e. The Balaban J connectivity index is 2.54. The SMILES string of the molecule is CC(C#N)OCCOc1ccc(Br)cc1C(C)N. The highest BCUT2D eigenvalue weighted by atomic mass is 79.9. The normalized spacial score (nSPS) is 13.7. The van der Waals surface area contributed by atoms with Gasteiger partial charge < -0.3 is 15.2 Å². The highest BCUT2D eigenvalue weighted by Gasteiger charge is 2.09. The molecule has 1 aromatic carbocycles. The summed E-state index contributed by atoms with van der Waals surface area (Å²) in [5.74, 6) is 0.751. The molecule has 4 nitrogen and oxygen atoms in total. The number of ether oxygens (including phenoxy) is 2. The lowest BCUT2D eigenvalue weighted by atomic mass is 10.1. The van der Waals surface area contributed by atoms with Crippen molar-refractivity contribution in [1.82, 2.24) is 0 Å². The lowest BCUT2D eigenvalue weighted by molar-refractivity contribution is 0.0740. The summed E-state index contributed by atoms with van der Waals surface area (Å²) in [5, 5.41) is 8.56. The van der Waals surface area contributed by atoms with Crippen LogP contribution in [0.15, 0.2) is 22.7 Å². The van der Waals surface area contributed by atoms with Gasteiger partial charge in [0.05, 0.1) is 12.7 Å². The Kier molecular flexibility index (Phi) is 6.13. The van der Waals surface area contributed by atoms with Crippen LogP contribution in [0.2, 0.25) is 0 Å². The van der Waals surface area contributed by atoms with Crippen molar-refractivity contribution in [3.8, 4) is 11.8 Å². The van der Waals surface area contributed by atoms with Gasteiger partial charge in [0, 0.05) is 16.1 Å². The molecule has 0 aliphatic rings. The zero-order chi connectivity index (χ0) is 13.5. The molecule has 2 unspecified atom stereocenters. The van der Waals surface area contributed by atoms with Crippen molar-refractivity contribution in [3.05, 3.63) is 28.2 Å². The fourth-order valence-electron chi connectivity index (χ4n) is 1.42. The van der Waals surface area contributed by atoms with E-state index in [1.165, 1.54) is 0 Å². The van der Waals surface area contributed by atoms with Gasteiger partial charge in [0.2, 0.25) is 0 Å². The summed E-state index contributed by atoms with van der Waals surface area (Å²) < 4.78 is 11.8. The molecule has 98 valence electrons. The molecule has 18 heavy (non-hydrogen) atoms. The van der Waals surface area contributed by atoms with Crippen LogP contribution in [0.4, 0.5) is 0 Å². The van der Waals surface area contributed by atoms with Crippen LogP contribution in [-0.2, 0) is 4.74 Å². The van der Waals surface area contributed by atoms with Crippen LogP contribution in [-0.4, -0.2) is 19.3 Å². The molecule has 0 fully saturated rings. The average molecular weight is 313 g/mol. The molecule has 0 saturated carbocycles. The minimum absolute atomic E-state index is 0.101. The van der Waals surface area contributed by atoms with Gasteiger partial charge in [0.15, 0.2) is 0 Å². The van der Waals surface area contributed by atoms with Crippen LogP contribution in [0.3, 0.4) is 0 Å². The smallest absolute Gasteiger partial charge is 0.141 e. The monoisotopic (exact) mass is 312 g/mol. The Bertz CT molecular complexity index is 429. The van der Waals surface area contributed by atoms with Crippen molar-refractivity contribution in [2.24, 2.45) is 5.73 Å². The molecule has 0 aliphatic heterocycles. The van der Waals surface area contributed by atoms with E-state index >= 15 is 0 Å². The number of nitrogens with two attached hydrogens (primary N) is 1. The van der Waals surface area contributed by atoms with E-state index in [2.05, 4.69) is 15.9 Å². The fourth-order valence-corrected chi connectivity index (χ4v) is 1.80. The number of halogens is 1. The maximum Gasteiger partial charge on any atom is 0.141 e. The minimum Gasteiger partial charge on any atom is -0.491 e. The first-order chi connectivity index (χ1) is 8.54. The Morgan fingerprint density at radius 3 is 2.72 bits per heavy atom. The van der Waals surface area contributed by atoms with Gasteiger partial charge in [0.25, 0.3) is 0 Å². The Morgan fingerprint density at radius 1 is 1.39 bits per heavy atom. The van der Waals surface area contributed by atoms with E-state index in [4.69, 9.17) is 20.5 Å². The van der Waals surface area contributed by atoms with Gasteiger partial charge in [0.1, 0.15) is 18.5 Å². The van der Waals surface area contributed by atoms with E-state index in [1.54, 1.807) is 6.92 Å². The first-order valence-electron chi connectivity index (χ1n) is 5.73. The predicted octanol–water partition coefficient (Wildman–Crippen LogP) is 2.78. The Hall–Kier alpha value is -1.09. The number of hydrogen-bond donors (Lipinski definition) is 1. The van der Waals surface area contributed by atoms with Crippen LogP contribution < -0.4 is 10.5 Å². The molecule has 1 rings (SSSR count). The van der Waals surface area contributed by atoms with Crippen molar-refractivity contribution in [2.75, 3.05) is 13.2 Å². The first-order valence-corrected chi connectivity index (χ1v) is 6.53. The molecule has 0 radical (unpaired) electrons. The predicted molar refractivity (Wildman–Crippen MR) is 73.3 cm³/mol. The molecule has 2 N–H and O–H groups in total. The van der Waals surface area contributed by atoms with E-state index < -0.39 is 6.10 Å². The zero-order valence-corrected chi connectivity index (χ0v) is 12.1. The fraction of sp³-hybridized carbons (Fsp3) is 0.462. The van der Waals surface area contributed by atoms with Crippen LogP contribution in [0.1, 0.15) is 25.5 Å². The number of nitrogens with zero attached hydrogens (tertiary/aromatic N) is 1. The number of hydrogen-bond acceptors (Lipinski definition) is 4.